The zero-order chi connectivity index (χ0) is 19.4. The molecule has 0 radical (unpaired) electrons. The average molecular weight is 406 g/mol. The van der Waals surface area contributed by atoms with Crippen LogP contribution >= 0.6 is 23.2 Å². The largest absolute Gasteiger partial charge is 0.426 e. The molecule has 1 atom stereocenters. The van der Waals surface area contributed by atoms with E-state index >= 15 is 0 Å². The summed E-state index contributed by atoms with van der Waals surface area (Å²) in [6, 6.07) is 4.62. The molecule has 1 unspecified atom stereocenters. The summed E-state index contributed by atoms with van der Waals surface area (Å²) in [5, 5.41) is 10.9. The van der Waals surface area contributed by atoms with Gasteiger partial charge in [-0.25, -0.2) is 4.79 Å². The fourth-order valence-electron chi connectivity index (χ4n) is 2.96. The maximum Gasteiger partial charge on any atom is 0.426 e. The van der Waals surface area contributed by atoms with Gasteiger partial charge in [0, 0.05) is 27.4 Å². The SMILES string of the molecule is Cc1cc(C(O)(c2cc3cc(Cl)cc(Cl)c3oc2=O)C(F)(F)F)c(C)[nH]1. The normalized spacial score (nSPS) is 14.6. The first-order valence-electron chi connectivity index (χ1n) is 7.34. The molecule has 2 N–H and O–H groups in total. The Morgan fingerprint density at radius 1 is 1.08 bits per heavy atom. The summed E-state index contributed by atoms with van der Waals surface area (Å²) in [7, 11) is 0. The third-order valence-electron chi connectivity index (χ3n) is 4.09. The van der Waals surface area contributed by atoms with Crippen LogP contribution in [0.4, 0.5) is 13.2 Å². The minimum Gasteiger partial charge on any atom is -0.421 e. The monoisotopic (exact) mass is 405 g/mol. The first-order chi connectivity index (χ1) is 11.9. The molecule has 0 saturated heterocycles. The van der Waals surface area contributed by atoms with E-state index in [1.807, 2.05) is 0 Å². The van der Waals surface area contributed by atoms with Crippen molar-refractivity contribution in [1.82, 2.24) is 4.98 Å². The third-order valence-corrected chi connectivity index (χ3v) is 4.59. The van der Waals surface area contributed by atoms with Crippen LogP contribution in [0.15, 0.2) is 33.5 Å². The zero-order valence-corrected chi connectivity index (χ0v) is 15.0. The summed E-state index contributed by atoms with van der Waals surface area (Å²) in [6.07, 6.45) is -5.18. The average Bonchev–Trinajstić information content (AvgIpc) is 2.84. The lowest BCUT2D eigenvalue weighted by Gasteiger charge is -2.30. The van der Waals surface area contributed by atoms with Gasteiger partial charge >= 0.3 is 11.8 Å². The molecule has 0 fully saturated rings. The molecule has 3 rings (SSSR count). The second-order valence-corrected chi connectivity index (χ2v) is 6.80. The van der Waals surface area contributed by atoms with Gasteiger partial charge in [-0.05, 0) is 38.1 Å². The molecular weight excluding hydrogens is 394 g/mol. The van der Waals surface area contributed by atoms with E-state index in [-0.39, 0.29) is 26.7 Å². The zero-order valence-electron chi connectivity index (χ0n) is 13.5. The summed E-state index contributed by atoms with van der Waals surface area (Å²) in [5.74, 6) is 0. The molecule has 2 aromatic heterocycles. The first kappa shape index (κ1) is 18.8. The van der Waals surface area contributed by atoms with Crippen LogP contribution < -0.4 is 5.63 Å². The van der Waals surface area contributed by atoms with Crippen LogP contribution in [-0.2, 0) is 5.60 Å². The molecule has 0 amide bonds. The minimum absolute atomic E-state index is 0.0274. The molecule has 26 heavy (non-hydrogen) atoms. The van der Waals surface area contributed by atoms with Gasteiger partial charge in [-0.15, -0.1) is 0 Å². The molecule has 138 valence electrons. The van der Waals surface area contributed by atoms with E-state index in [0.717, 1.165) is 12.1 Å². The van der Waals surface area contributed by atoms with Crippen molar-refractivity contribution in [3.63, 3.8) is 0 Å². The van der Waals surface area contributed by atoms with Gasteiger partial charge in [0.15, 0.2) is 5.58 Å². The Morgan fingerprint density at radius 2 is 1.73 bits per heavy atom. The van der Waals surface area contributed by atoms with Crippen molar-refractivity contribution in [2.24, 2.45) is 0 Å². The summed E-state index contributed by atoms with van der Waals surface area (Å²) < 4.78 is 46.7. The highest BCUT2D eigenvalue weighted by Crippen LogP contribution is 2.45. The Morgan fingerprint density at radius 3 is 2.27 bits per heavy atom. The topological polar surface area (TPSA) is 66.2 Å². The highest BCUT2D eigenvalue weighted by atomic mass is 35.5. The Balaban J connectivity index is 2.41. The van der Waals surface area contributed by atoms with E-state index in [9.17, 15) is 23.1 Å². The molecule has 0 aliphatic heterocycles. The number of hydrogen-bond donors (Lipinski definition) is 2. The second-order valence-electron chi connectivity index (χ2n) is 5.95. The standard InChI is InChI=1S/C17H12Cl2F3NO3/c1-7-3-11(8(2)23-7)16(25,17(20,21)22)12-5-9-4-10(18)6-13(19)14(9)26-15(12)24/h3-6,23,25H,1-2H3. The number of aryl methyl sites for hydroxylation is 2. The molecule has 0 aliphatic carbocycles. The van der Waals surface area contributed by atoms with E-state index < -0.39 is 28.5 Å². The maximum absolute atomic E-state index is 13.9. The van der Waals surface area contributed by atoms with Gasteiger partial charge in [0.1, 0.15) is 0 Å². The first-order valence-corrected chi connectivity index (χ1v) is 8.10. The maximum atomic E-state index is 13.9. The lowest BCUT2D eigenvalue weighted by molar-refractivity contribution is -0.249. The van der Waals surface area contributed by atoms with Crippen LogP contribution in [0.25, 0.3) is 11.0 Å². The van der Waals surface area contributed by atoms with Crippen LogP contribution in [0.1, 0.15) is 22.5 Å². The van der Waals surface area contributed by atoms with Gasteiger partial charge in [-0.1, -0.05) is 23.2 Å². The molecule has 0 aliphatic rings. The Bertz CT molecular complexity index is 1070. The van der Waals surface area contributed by atoms with Crippen molar-refractivity contribution in [3.05, 3.63) is 67.2 Å². The van der Waals surface area contributed by atoms with E-state index in [4.69, 9.17) is 27.6 Å². The molecule has 0 bridgehead atoms. The van der Waals surface area contributed by atoms with Gasteiger partial charge in [-0.3, -0.25) is 0 Å². The van der Waals surface area contributed by atoms with Crippen molar-refractivity contribution in [1.29, 1.82) is 0 Å². The quantitative estimate of drug-likeness (QED) is 0.599. The molecule has 2 heterocycles. The Labute approximate surface area is 155 Å². The fourth-order valence-corrected chi connectivity index (χ4v) is 3.51. The van der Waals surface area contributed by atoms with Gasteiger partial charge in [0.05, 0.1) is 10.6 Å². The summed E-state index contributed by atoms with van der Waals surface area (Å²) in [5.41, 5.74) is -6.01. The number of fused-ring (bicyclic) bond motifs is 1. The molecule has 3 aromatic rings. The lowest BCUT2D eigenvalue weighted by atomic mass is 9.86. The Hall–Kier alpha value is -1.96. The van der Waals surface area contributed by atoms with E-state index in [0.29, 0.717) is 5.69 Å². The van der Waals surface area contributed by atoms with Gasteiger partial charge in [0.2, 0.25) is 5.60 Å². The minimum atomic E-state index is -5.18. The lowest BCUT2D eigenvalue weighted by Crippen LogP contribution is -2.46. The van der Waals surface area contributed by atoms with Crippen LogP contribution in [0.5, 0.6) is 0 Å². The van der Waals surface area contributed by atoms with Crippen molar-refractivity contribution in [2.45, 2.75) is 25.6 Å². The van der Waals surface area contributed by atoms with Crippen molar-refractivity contribution in [2.75, 3.05) is 0 Å². The number of aromatic amines is 1. The smallest absolute Gasteiger partial charge is 0.421 e. The van der Waals surface area contributed by atoms with Gasteiger partial charge in [-0.2, -0.15) is 13.2 Å². The summed E-state index contributed by atoms with van der Waals surface area (Å²) >= 11 is 11.8. The van der Waals surface area contributed by atoms with Crippen molar-refractivity contribution >= 4 is 34.2 Å². The number of hydrogen-bond acceptors (Lipinski definition) is 3. The van der Waals surface area contributed by atoms with E-state index in [2.05, 4.69) is 4.98 Å². The predicted octanol–water partition coefficient (Wildman–Crippen LogP) is 4.84. The Kier molecular flexibility index (Phi) is 4.37. The number of alkyl halides is 3. The number of nitrogens with one attached hydrogen (secondary N) is 1. The van der Waals surface area contributed by atoms with Gasteiger partial charge in [0.25, 0.3) is 0 Å². The van der Waals surface area contributed by atoms with E-state index in [1.54, 1.807) is 0 Å². The number of rotatable bonds is 2. The van der Waals surface area contributed by atoms with Gasteiger partial charge < -0.3 is 14.5 Å². The number of H-pyrrole nitrogens is 1. The summed E-state index contributed by atoms with van der Waals surface area (Å²) in [6.45, 7) is 2.91. The second kappa shape index (κ2) is 6.04. The van der Waals surface area contributed by atoms with Crippen LogP contribution in [0, 0.1) is 13.8 Å². The highest BCUT2D eigenvalue weighted by molar-refractivity contribution is 6.38. The third kappa shape index (κ3) is 2.80. The molecule has 0 saturated carbocycles. The molecule has 0 spiro atoms. The number of benzene rings is 1. The van der Waals surface area contributed by atoms with Crippen LogP contribution in [0.2, 0.25) is 10.0 Å². The highest BCUT2D eigenvalue weighted by Gasteiger charge is 2.59. The fraction of sp³-hybridized carbons (Fsp3) is 0.235. The molecule has 4 nitrogen and oxygen atoms in total. The number of aliphatic hydroxyl groups is 1. The summed E-state index contributed by atoms with van der Waals surface area (Å²) in [4.78, 5) is 15.0. The predicted molar refractivity (Wildman–Crippen MR) is 91.8 cm³/mol. The molecular formula is C17H12Cl2F3NO3. The number of aromatic nitrogens is 1. The molecule has 9 heteroatoms. The van der Waals surface area contributed by atoms with E-state index in [1.165, 1.54) is 26.0 Å². The van der Waals surface area contributed by atoms with Crippen LogP contribution in [0.3, 0.4) is 0 Å². The molecule has 1 aromatic carbocycles. The van der Waals surface area contributed by atoms with Crippen molar-refractivity contribution < 1.29 is 22.7 Å². The number of halogens is 5. The van der Waals surface area contributed by atoms with Crippen LogP contribution in [-0.4, -0.2) is 16.3 Å². The van der Waals surface area contributed by atoms with Crippen molar-refractivity contribution in [3.8, 4) is 0 Å².